The van der Waals surface area contributed by atoms with Crippen LogP contribution in [0.25, 0.3) is 55.4 Å². The van der Waals surface area contributed by atoms with Crippen LogP contribution in [-0.4, -0.2) is 32.6 Å². The minimum absolute atomic E-state index is 0.363. The minimum atomic E-state index is 0.363. The maximum atomic E-state index is 5.15. The van der Waals surface area contributed by atoms with Gasteiger partial charge in [0, 0.05) is 34.9 Å². The molecule has 0 radical (unpaired) electrons. The summed E-state index contributed by atoms with van der Waals surface area (Å²) >= 11 is 0. The molecule has 4 heterocycles. The second-order valence-electron chi connectivity index (χ2n) is 9.33. The predicted octanol–water partition coefficient (Wildman–Crippen LogP) is 6.39. The summed E-state index contributed by atoms with van der Waals surface area (Å²) in [4.78, 5) is 14.9. The van der Waals surface area contributed by atoms with Crippen LogP contribution in [0.3, 0.4) is 0 Å². The third kappa shape index (κ3) is 3.56. The van der Waals surface area contributed by atoms with Gasteiger partial charge in [-0.25, -0.2) is 9.97 Å². The lowest BCUT2D eigenvalue weighted by molar-refractivity contribution is 0.376. The number of nitrogens with one attached hydrogen (secondary N) is 1. The van der Waals surface area contributed by atoms with E-state index in [1.54, 1.807) is 0 Å². The molecule has 1 fully saturated rings. The lowest BCUT2D eigenvalue weighted by Gasteiger charge is -2.26. The highest BCUT2D eigenvalue weighted by molar-refractivity contribution is 5.90. The first-order valence-electron chi connectivity index (χ1n) is 12.3. The molecular formula is C30H25N5. The van der Waals surface area contributed by atoms with Crippen molar-refractivity contribution in [2.45, 2.75) is 18.9 Å². The Morgan fingerprint density at radius 2 is 1.40 bits per heavy atom. The molecule has 0 amide bonds. The number of fused-ring (bicyclic) bond motifs is 3. The van der Waals surface area contributed by atoms with Gasteiger partial charge in [0.05, 0.1) is 5.52 Å². The van der Waals surface area contributed by atoms with E-state index in [9.17, 15) is 0 Å². The zero-order valence-corrected chi connectivity index (χ0v) is 19.4. The Morgan fingerprint density at radius 3 is 2.29 bits per heavy atom. The van der Waals surface area contributed by atoms with Crippen LogP contribution >= 0.6 is 0 Å². The molecular weight excluding hydrogens is 430 g/mol. The number of para-hydroxylation sites is 1. The highest BCUT2D eigenvalue weighted by Crippen LogP contribution is 2.34. The second-order valence-corrected chi connectivity index (χ2v) is 9.33. The number of nitrogens with zero attached hydrogens (tertiary/aromatic N) is 4. The Labute approximate surface area is 203 Å². The molecule has 6 aromatic rings. The van der Waals surface area contributed by atoms with Gasteiger partial charge in [-0.2, -0.15) is 0 Å². The number of pyridine rings is 2. The third-order valence-corrected chi connectivity index (χ3v) is 7.14. The van der Waals surface area contributed by atoms with E-state index in [-0.39, 0.29) is 0 Å². The summed E-state index contributed by atoms with van der Waals surface area (Å²) in [7, 11) is 0. The Kier molecular flexibility index (Phi) is 4.81. The van der Waals surface area contributed by atoms with Gasteiger partial charge in [0.15, 0.2) is 5.65 Å². The number of aromatic nitrogens is 4. The largest absolute Gasteiger partial charge is 0.317 e. The molecule has 3 aromatic carbocycles. The van der Waals surface area contributed by atoms with Crippen molar-refractivity contribution >= 4 is 32.8 Å². The van der Waals surface area contributed by atoms with E-state index in [0.717, 1.165) is 70.5 Å². The van der Waals surface area contributed by atoms with Crippen molar-refractivity contribution in [1.29, 1.82) is 0 Å². The second kappa shape index (κ2) is 8.29. The Balaban J connectivity index is 1.40. The first kappa shape index (κ1) is 20.3. The molecule has 0 aliphatic carbocycles. The lowest BCUT2D eigenvalue weighted by Crippen LogP contribution is -2.29. The van der Waals surface area contributed by atoms with Crippen LogP contribution in [0.2, 0.25) is 0 Å². The molecule has 0 unspecified atom stereocenters. The van der Waals surface area contributed by atoms with Crippen molar-refractivity contribution in [2.24, 2.45) is 0 Å². The smallest absolute Gasteiger partial charge is 0.160 e. The molecule has 0 bridgehead atoms. The summed E-state index contributed by atoms with van der Waals surface area (Å²) in [6.45, 7) is 2.02. The Morgan fingerprint density at radius 1 is 0.657 bits per heavy atom. The SMILES string of the molecule is c1ccc2cc(-c3cnc4c(c3)nc(-c3cnc5ccccc5c3)n4C3CCNCC3)ccc2c1. The molecule has 0 spiro atoms. The number of benzene rings is 3. The van der Waals surface area contributed by atoms with Crippen LogP contribution in [0.4, 0.5) is 0 Å². The van der Waals surface area contributed by atoms with Crippen molar-refractivity contribution < 1.29 is 0 Å². The van der Waals surface area contributed by atoms with E-state index in [0.29, 0.717) is 6.04 Å². The summed E-state index contributed by atoms with van der Waals surface area (Å²) in [5, 5.41) is 7.08. The van der Waals surface area contributed by atoms with Gasteiger partial charge < -0.3 is 9.88 Å². The van der Waals surface area contributed by atoms with Crippen molar-refractivity contribution in [3.05, 3.63) is 91.3 Å². The monoisotopic (exact) mass is 455 g/mol. The highest BCUT2D eigenvalue weighted by Gasteiger charge is 2.23. The normalized spacial score (nSPS) is 14.7. The summed E-state index contributed by atoms with van der Waals surface area (Å²) in [6, 6.07) is 28.0. The van der Waals surface area contributed by atoms with E-state index in [2.05, 4.69) is 76.6 Å². The van der Waals surface area contributed by atoms with E-state index >= 15 is 0 Å². The Bertz CT molecular complexity index is 1690. The maximum Gasteiger partial charge on any atom is 0.160 e. The van der Waals surface area contributed by atoms with Gasteiger partial charge in [-0.3, -0.25) is 4.98 Å². The predicted molar refractivity (Wildman–Crippen MR) is 142 cm³/mol. The molecule has 3 aromatic heterocycles. The topological polar surface area (TPSA) is 55.6 Å². The van der Waals surface area contributed by atoms with Crippen LogP contribution in [0.15, 0.2) is 91.3 Å². The van der Waals surface area contributed by atoms with Crippen LogP contribution < -0.4 is 5.32 Å². The molecule has 1 saturated heterocycles. The highest BCUT2D eigenvalue weighted by atomic mass is 15.2. The van der Waals surface area contributed by atoms with Gasteiger partial charge in [0.2, 0.25) is 0 Å². The van der Waals surface area contributed by atoms with Crippen LogP contribution in [0.5, 0.6) is 0 Å². The molecule has 7 rings (SSSR count). The maximum absolute atomic E-state index is 5.15. The molecule has 1 aliphatic heterocycles. The van der Waals surface area contributed by atoms with Gasteiger partial charge in [0.1, 0.15) is 11.3 Å². The van der Waals surface area contributed by atoms with Gasteiger partial charge in [0.25, 0.3) is 0 Å². The van der Waals surface area contributed by atoms with Crippen molar-refractivity contribution in [2.75, 3.05) is 13.1 Å². The van der Waals surface area contributed by atoms with Crippen molar-refractivity contribution in [3.8, 4) is 22.5 Å². The quantitative estimate of drug-likeness (QED) is 0.336. The van der Waals surface area contributed by atoms with Crippen LogP contribution in [0.1, 0.15) is 18.9 Å². The van der Waals surface area contributed by atoms with Gasteiger partial charge in [-0.15, -0.1) is 0 Å². The first-order valence-corrected chi connectivity index (χ1v) is 12.3. The summed E-state index contributed by atoms with van der Waals surface area (Å²) in [5.74, 6) is 0.952. The molecule has 170 valence electrons. The number of piperidine rings is 1. The van der Waals surface area contributed by atoms with Crippen LogP contribution in [-0.2, 0) is 0 Å². The lowest BCUT2D eigenvalue weighted by atomic mass is 10.0. The summed E-state index contributed by atoms with van der Waals surface area (Å²) < 4.78 is 2.35. The van der Waals surface area contributed by atoms with Crippen LogP contribution in [0, 0.1) is 0 Å². The van der Waals surface area contributed by atoms with E-state index < -0.39 is 0 Å². The number of hydrogen-bond acceptors (Lipinski definition) is 4. The molecule has 0 atom stereocenters. The van der Waals surface area contributed by atoms with E-state index in [4.69, 9.17) is 15.0 Å². The molecule has 35 heavy (non-hydrogen) atoms. The van der Waals surface area contributed by atoms with Crippen molar-refractivity contribution in [1.82, 2.24) is 24.8 Å². The molecule has 0 saturated carbocycles. The fraction of sp³-hybridized carbons (Fsp3) is 0.167. The molecule has 5 heteroatoms. The fourth-order valence-corrected chi connectivity index (χ4v) is 5.32. The minimum Gasteiger partial charge on any atom is -0.317 e. The standard InChI is InChI=1S/C30H25N5/c1-2-6-21-15-22(10-9-20(21)5-1)24-17-28-30(33-18-24)35(26-11-13-31-14-12-26)29(34-28)25-16-23-7-3-4-8-27(23)32-19-25/h1-10,15-19,26,31H,11-14H2. The molecule has 1 aliphatic rings. The zero-order valence-electron chi connectivity index (χ0n) is 19.4. The fourth-order valence-electron chi connectivity index (χ4n) is 5.32. The zero-order chi connectivity index (χ0) is 23.2. The average Bonchev–Trinajstić information content (AvgIpc) is 3.32. The van der Waals surface area contributed by atoms with Crippen molar-refractivity contribution in [3.63, 3.8) is 0 Å². The number of imidazole rings is 1. The molecule has 5 nitrogen and oxygen atoms in total. The summed E-state index contributed by atoms with van der Waals surface area (Å²) in [6.07, 6.45) is 6.07. The van der Waals surface area contributed by atoms with Gasteiger partial charge >= 0.3 is 0 Å². The third-order valence-electron chi connectivity index (χ3n) is 7.14. The van der Waals surface area contributed by atoms with Gasteiger partial charge in [-0.05, 0) is 66.5 Å². The van der Waals surface area contributed by atoms with Gasteiger partial charge in [-0.1, -0.05) is 54.6 Å². The summed E-state index contributed by atoms with van der Waals surface area (Å²) in [5.41, 5.74) is 6.15. The first-order chi connectivity index (χ1) is 17.3. The molecule has 1 N–H and O–H groups in total. The average molecular weight is 456 g/mol. The number of rotatable bonds is 3. The van der Waals surface area contributed by atoms with E-state index in [1.807, 2.05) is 24.5 Å². The van der Waals surface area contributed by atoms with E-state index in [1.165, 1.54) is 10.8 Å². The Hall–Kier alpha value is -4.09. The number of hydrogen-bond donors (Lipinski definition) is 1.